The first-order valence-electron chi connectivity index (χ1n) is 4.17. The second kappa shape index (κ2) is 3.59. The van der Waals surface area contributed by atoms with Gasteiger partial charge in [0.05, 0.1) is 0 Å². The van der Waals surface area contributed by atoms with Gasteiger partial charge in [0, 0.05) is 5.56 Å². The van der Waals surface area contributed by atoms with Gasteiger partial charge in [-0.1, -0.05) is 35.9 Å². The van der Waals surface area contributed by atoms with Crippen molar-refractivity contribution in [2.45, 2.75) is 6.92 Å². The van der Waals surface area contributed by atoms with Gasteiger partial charge in [-0.25, -0.2) is 0 Å². The predicted octanol–water partition coefficient (Wildman–Crippen LogP) is 3.35. The molecule has 0 radical (unpaired) electrons. The Hall–Kier alpha value is -1.06. The number of hydrogen-bond acceptors (Lipinski definition) is 3. The first kappa shape index (κ1) is 9.49. The number of nitrogens with zero attached hydrogens (tertiary/aromatic N) is 1. The maximum atomic E-state index is 6.04. The van der Waals surface area contributed by atoms with Gasteiger partial charge in [-0.2, -0.15) is 4.37 Å². The highest BCUT2D eigenvalue weighted by molar-refractivity contribution is 7.11. The molecule has 2 N–H and O–H groups in total. The highest BCUT2D eigenvalue weighted by atomic mass is 35.5. The van der Waals surface area contributed by atoms with E-state index in [2.05, 4.69) is 4.37 Å². The molecule has 0 atom stereocenters. The zero-order valence-electron chi connectivity index (χ0n) is 7.62. The lowest BCUT2D eigenvalue weighted by Crippen LogP contribution is -1.84. The van der Waals surface area contributed by atoms with Crippen LogP contribution in [0.4, 0.5) is 5.00 Å². The zero-order chi connectivity index (χ0) is 10.1. The summed E-state index contributed by atoms with van der Waals surface area (Å²) in [5.74, 6) is 0. The molecule has 0 aliphatic rings. The van der Waals surface area contributed by atoms with Crippen LogP contribution in [0.5, 0.6) is 0 Å². The minimum Gasteiger partial charge on any atom is -0.388 e. The number of aryl methyl sites for hydroxylation is 1. The topological polar surface area (TPSA) is 38.9 Å². The number of hydrogen-bond donors (Lipinski definition) is 1. The minimum absolute atomic E-state index is 0.560. The molecule has 0 amide bonds. The van der Waals surface area contributed by atoms with Crippen LogP contribution in [0.2, 0.25) is 5.02 Å². The summed E-state index contributed by atoms with van der Waals surface area (Å²) < 4.78 is 4.23. The Kier molecular flexibility index (Phi) is 2.44. The number of nitrogen functional groups attached to an aromatic ring is 1. The number of anilines is 1. The van der Waals surface area contributed by atoms with Crippen molar-refractivity contribution in [3.63, 3.8) is 0 Å². The lowest BCUT2D eigenvalue weighted by molar-refractivity contribution is 1.42. The highest BCUT2D eigenvalue weighted by Crippen LogP contribution is 2.35. The summed E-state index contributed by atoms with van der Waals surface area (Å²) in [7, 11) is 0. The molecule has 0 bridgehead atoms. The van der Waals surface area contributed by atoms with E-state index >= 15 is 0 Å². The van der Waals surface area contributed by atoms with Crippen molar-refractivity contribution < 1.29 is 0 Å². The van der Waals surface area contributed by atoms with Crippen molar-refractivity contribution in [2.24, 2.45) is 0 Å². The molecule has 2 rings (SSSR count). The van der Waals surface area contributed by atoms with Crippen LogP contribution in [0.15, 0.2) is 24.3 Å². The molecule has 0 saturated carbocycles. The summed E-state index contributed by atoms with van der Waals surface area (Å²) in [4.78, 5) is 0. The molecule has 0 fully saturated rings. The average molecular weight is 225 g/mol. The van der Waals surface area contributed by atoms with Gasteiger partial charge in [-0.3, -0.25) is 0 Å². The highest BCUT2D eigenvalue weighted by Gasteiger charge is 2.12. The van der Waals surface area contributed by atoms with E-state index in [1.165, 1.54) is 11.5 Å². The van der Waals surface area contributed by atoms with E-state index in [4.69, 9.17) is 17.3 Å². The molecule has 1 heterocycles. The lowest BCUT2D eigenvalue weighted by atomic mass is 10.1. The van der Waals surface area contributed by atoms with E-state index in [0.29, 0.717) is 10.0 Å². The van der Waals surface area contributed by atoms with Gasteiger partial charge in [0.25, 0.3) is 0 Å². The molecular formula is C10H9ClN2S. The predicted molar refractivity (Wildman–Crippen MR) is 61.7 cm³/mol. The van der Waals surface area contributed by atoms with E-state index in [1.54, 1.807) is 0 Å². The second-order valence-electron chi connectivity index (χ2n) is 3.02. The molecule has 1 aromatic heterocycles. The summed E-state index contributed by atoms with van der Waals surface area (Å²) in [6, 6.07) is 7.98. The molecule has 0 aliphatic carbocycles. The molecule has 0 spiro atoms. The molecular weight excluding hydrogens is 216 g/mol. The summed E-state index contributed by atoms with van der Waals surface area (Å²) in [6.45, 7) is 2.03. The largest absolute Gasteiger partial charge is 0.388 e. The normalized spacial score (nSPS) is 10.4. The molecule has 0 aliphatic heterocycles. The maximum absolute atomic E-state index is 6.04. The molecule has 0 saturated heterocycles. The number of benzene rings is 1. The summed E-state index contributed by atoms with van der Waals surface area (Å²) in [5.41, 5.74) is 8.64. The van der Waals surface area contributed by atoms with Gasteiger partial charge in [-0.15, -0.1) is 0 Å². The standard InChI is InChI=1S/C10H9ClN2S/c1-6-4-2-3-5-7(6)9-8(11)10(12)14-13-9/h2-5H,12H2,1H3. The third-order valence-electron chi connectivity index (χ3n) is 2.06. The Labute approximate surface area is 91.5 Å². The fourth-order valence-electron chi connectivity index (χ4n) is 1.30. The SMILES string of the molecule is Cc1ccccc1-c1nsc(N)c1Cl. The Balaban J connectivity index is 2.60. The second-order valence-corrected chi connectivity index (χ2v) is 4.21. The summed E-state index contributed by atoms with van der Waals surface area (Å²) in [6.07, 6.45) is 0. The first-order chi connectivity index (χ1) is 6.70. The van der Waals surface area contributed by atoms with Crippen molar-refractivity contribution in [3.8, 4) is 11.3 Å². The van der Waals surface area contributed by atoms with Crippen molar-refractivity contribution in [1.29, 1.82) is 0 Å². The molecule has 2 nitrogen and oxygen atoms in total. The third kappa shape index (κ3) is 1.49. The summed E-state index contributed by atoms with van der Waals surface area (Å²) in [5, 5.41) is 1.13. The maximum Gasteiger partial charge on any atom is 0.126 e. The average Bonchev–Trinajstić information content (AvgIpc) is 2.49. The van der Waals surface area contributed by atoms with Gasteiger partial charge in [0.1, 0.15) is 15.7 Å². The van der Waals surface area contributed by atoms with Crippen LogP contribution in [0.1, 0.15) is 5.56 Å². The van der Waals surface area contributed by atoms with Crippen LogP contribution in [-0.4, -0.2) is 4.37 Å². The van der Waals surface area contributed by atoms with E-state index < -0.39 is 0 Å². The number of rotatable bonds is 1. The fraction of sp³-hybridized carbons (Fsp3) is 0.100. The van der Waals surface area contributed by atoms with Crippen LogP contribution in [0.25, 0.3) is 11.3 Å². The Morgan fingerprint density at radius 3 is 2.64 bits per heavy atom. The van der Waals surface area contributed by atoms with Crippen molar-refractivity contribution >= 4 is 28.1 Å². The Bertz CT molecular complexity index is 465. The van der Waals surface area contributed by atoms with Crippen LogP contribution in [0, 0.1) is 6.92 Å². The van der Waals surface area contributed by atoms with E-state index in [-0.39, 0.29) is 0 Å². The van der Waals surface area contributed by atoms with Crippen molar-refractivity contribution in [3.05, 3.63) is 34.9 Å². The monoisotopic (exact) mass is 224 g/mol. The first-order valence-corrected chi connectivity index (χ1v) is 5.32. The van der Waals surface area contributed by atoms with Gasteiger partial charge in [-0.05, 0) is 24.0 Å². The molecule has 1 aromatic carbocycles. The van der Waals surface area contributed by atoms with E-state index in [1.807, 2.05) is 31.2 Å². The van der Waals surface area contributed by atoms with E-state index in [9.17, 15) is 0 Å². The van der Waals surface area contributed by atoms with Crippen molar-refractivity contribution in [2.75, 3.05) is 5.73 Å². The quantitative estimate of drug-likeness (QED) is 0.807. The molecule has 0 unspecified atom stereocenters. The third-order valence-corrected chi connectivity index (χ3v) is 3.23. The van der Waals surface area contributed by atoms with Crippen LogP contribution in [-0.2, 0) is 0 Å². The lowest BCUT2D eigenvalue weighted by Gasteiger charge is -2.01. The Morgan fingerprint density at radius 1 is 1.36 bits per heavy atom. The summed E-state index contributed by atoms with van der Waals surface area (Å²) >= 11 is 7.27. The van der Waals surface area contributed by atoms with E-state index in [0.717, 1.165) is 16.8 Å². The van der Waals surface area contributed by atoms with Crippen LogP contribution in [0.3, 0.4) is 0 Å². The van der Waals surface area contributed by atoms with Gasteiger partial charge in [0.15, 0.2) is 0 Å². The van der Waals surface area contributed by atoms with Crippen molar-refractivity contribution in [1.82, 2.24) is 4.37 Å². The molecule has 4 heteroatoms. The van der Waals surface area contributed by atoms with Crippen LogP contribution < -0.4 is 5.73 Å². The number of aromatic nitrogens is 1. The van der Waals surface area contributed by atoms with Crippen LogP contribution >= 0.6 is 23.1 Å². The van der Waals surface area contributed by atoms with Gasteiger partial charge >= 0.3 is 0 Å². The number of nitrogens with two attached hydrogens (primary N) is 1. The van der Waals surface area contributed by atoms with Gasteiger partial charge in [0.2, 0.25) is 0 Å². The van der Waals surface area contributed by atoms with Gasteiger partial charge < -0.3 is 5.73 Å². The molecule has 72 valence electrons. The smallest absolute Gasteiger partial charge is 0.126 e. The fourth-order valence-corrected chi connectivity index (χ4v) is 2.15. The molecule has 2 aromatic rings. The zero-order valence-corrected chi connectivity index (χ0v) is 9.19. The Morgan fingerprint density at radius 2 is 2.07 bits per heavy atom. The molecule has 14 heavy (non-hydrogen) atoms. The number of halogens is 1. The minimum atomic E-state index is 0.560.